The van der Waals surface area contributed by atoms with Crippen LogP contribution in [0, 0.1) is 5.82 Å². The summed E-state index contributed by atoms with van der Waals surface area (Å²) in [5.41, 5.74) is 1.55. The van der Waals surface area contributed by atoms with Crippen LogP contribution in [0.3, 0.4) is 0 Å². The molecular formula is C27H24FN3O5. The van der Waals surface area contributed by atoms with E-state index in [-0.39, 0.29) is 11.3 Å². The Hall–Kier alpha value is -4.66. The number of barbiturate groups is 1. The molecule has 4 amide bonds. The zero-order valence-corrected chi connectivity index (χ0v) is 19.6. The van der Waals surface area contributed by atoms with Crippen LogP contribution < -0.4 is 19.7 Å². The fraction of sp³-hybridized carbons (Fsp3) is 0.148. The summed E-state index contributed by atoms with van der Waals surface area (Å²) in [5.74, 6) is -0.923. The van der Waals surface area contributed by atoms with Crippen molar-refractivity contribution in [2.75, 3.05) is 18.6 Å². The first kappa shape index (κ1) is 24.5. The Bertz CT molecular complexity index is 1340. The van der Waals surface area contributed by atoms with E-state index in [1.165, 1.54) is 18.2 Å². The monoisotopic (exact) mass is 489 g/mol. The predicted octanol–water partition coefficient (Wildman–Crippen LogP) is 4.11. The third-order valence-electron chi connectivity index (χ3n) is 5.54. The molecule has 0 aliphatic carbocycles. The predicted molar refractivity (Wildman–Crippen MR) is 132 cm³/mol. The molecule has 0 bridgehead atoms. The number of rotatable bonds is 9. The van der Waals surface area contributed by atoms with Crippen molar-refractivity contribution in [1.29, 1.82) is 0 Å². The highest BCUT2D eigenvalue weighted by molar-refractivity contribution is 6.39. The van der Waals surface area contributed by atoms with Crippen LogP contribution in [0.2, 0.25) is 0 Å². The number of allylic oxidation sites excluding steroid dienone is 1. The molecular weight excluding hydrogens is 465 g/mol. The number of halogens is 1. The number of nitrogens with one attached hydrogen (secondary N) is 1. The molecule has 0 spiro atoms. The Morgan fingerprint density at radius 1 is 1.06 bits per heavy atom. The summed E-state index contributed by atoms with van der Waals surface area (Å²) >= 11 is 0. The first-order chi connectivity index (χ1) is 17.4. The molecule has 1 N–H and O–H groups in total. The van der Waals surface area contributed by atoms with Crippen LogP contribution >= 0.6 is 0 Å². The number of ether oxygens (including phenoxy) is 2. The van der Waals surface area contributed by atoms with Crippen molar-refractivity contribution in [3.63, 3.8) is 0 Å². The number of carbonyl (C=O) groups excluding carboxylic acids is 3. The van der Waals surface area contributed by atoms with Crippen molar-refractivity contribution >= 4 is 29.6 Å². The normalized spacial score (nSPS) is 14.7. The number of hydrogen-bond acceptors (Lipinski definition) is 5. The minimum Gasteiger partial charge on any atom is -0.493 e. The third kappa shape index (κ3) is 5.20. The molecule has 0 radical (unpaired) electrons. The molecule has 2 heterocycles. The number of benzene rings is 2. The Balaban J connectivity index is 1.50. The van der Waals surface area contributed by atoms with Crippen LogP contribution in [-0.4, -0.2) is 36.1 Å². The maximum absolute atomic E-state index is 13.3. The lowest BCUT2D eigenvalue weighted by Gasteiger charge is -2.26. The van der Waals surface area contributed by atoms with Crippen molar-refractivity contribution in [3.05, 3.63) is 96.1 Å². The van der Waals surface area contributed by atoms with Gasteiger partial charge in [0.25, 0.3) is 11.8 Å². The highest BCUT2D eigenvalue weighted by Gasteiger charge is 2.37. The van der Waals surface area contributed by atoms with Crippen LogP contribution in [0.15, 0.2) is 79.0 Å². The van der Waals surface area contributed by atoms with Gasteiger partial charge < -0.3 is 14.0 Å². The number of imide groups is 2. The summed E-state index contributed by atoms with van der Waals surface area (Å²) in [5, 5.41) is 2.16. The lowest BCUT2D eigenvalue weighted by molar-refractivity contribution is -0.122. The number of nitrogens with zero attached hydrogens (tertiary/aromatic N) is 2. The average molecular weight is 490 g/mol. The van der Waals surface area contributed by atoms with Gasteiger partial charge in [-0.1, -0.05) is 12.1 Å². The van der Waals surface area contributed by atoms with Gasteiger partial charge in [0.1, 0.15) is 18.0 Å². The van der Waals surface area contributed by atoms with Crippen LogP contribution in [-0.2, 0) is 22.6 Å². The summed E-state index contributed by atoms with van der Waals surface area (Å²) in [4.78, 5) is 38.6. The highest BCUT2D eigenvalue weighted by atomic mass is 19.1. The quantitative estimate of drug-likeness (QED) is 0.278. The molecule has 2 aromatic carbocycles. The van der Waals surface area contributed by atoms with Gasteiger partial charge in [-0.15, -0.1) is 6.58 Å². The van der Waals surface area contributed by atoms with Gasteiger partial charge in [0.05, 0.1) is 19.3 Å². The molecule has 0 saturated carbocycles. The Labute approximate surface area is 207 Å². The van der Waals surface area contributed by atoms with E-state index in [0.29, 0.717) is 36.8 Å². The smallest absolute Gasteiger partial charge is 0.335 e. The summed E-state index contributed by atoms with van der Waals surface area (Å²) in [6.45, 7) is 4.45. The number of amides is 4. The van der Waals surface area contributed by atoms with Crippen molar-refractivity contribution in [2.24, 2.45) is 0 Å². The maximum atomic E-state index is 13.3. The number of urea groups is 1. The molecule has 1 saturated heterocycles. The van der Waals surface area contributed by atoms with Crippen molar-refractivity contribution in [3.8, 4) is 11.5 Å². The van der Waals surface area contributed by atoms with E-state index in [2.05, 4.69) is 11.9 Å². The summed E-state index contributed by atoms with van der Waals surface area (Å²) in [6, 6.07) is 13.1. The first-order valence-corrected chi connectivity index (χ1v) is 11.1. The van der Waals surface area contributed by atoms with Gasteiger partial charge in [-0.05, 0) is 66.6 Å². The molecule has 9 heteroatoms. The van der Waals surface area contributed by atoms with Gasteiger partial charge in [-0.3, -0.25) is 14.9 Å². The van der Waals surface area contributed by atoms with Gasteiger partial charge in [0, 0.05) is 11.9 Å². The lowest BCUT2D eigenvalue weighted by Crippen LogP contribution is -2.54. The summed E-state index contributed by atoms with van der Waals surface area (Å²) in [7, 11) is 1.57. The first-order valence-electron chi connectivity index (χ1n) is 11.1. The molecule has 36 heavy (non-hydrogen) atoms. The maximum Gasteiger partial charge on any atom is 0.335 e. The van der Waals surface area contributed by atoms with Gasteiger partial charge in [0.15, 0.2) is 11.5 Å². The minimum absolute atomic E-state index is 0.147. The van der Waals surface area contributed by atoms with E-state index in [9.17, 15) is 18.8 Å². The zero-order valence-electron chi connectivity index (χ0n) is 19.6. The molecule has 4 rings (SSSR count). The van der Waals surface area contributed by atoms with Gasteiger partial charge in [-0.25, -0.2) is 14.1 Å². The fourth-order valence-corrected chi connectivity index (χ4v) is 3.77. The van der Waals surface area contributed by atoms with Crippen LogP contribution in [0.4, 0.5) is 14.9 Å². The van der Waals surface area contributed by atoms with E-state index in [0.717, 1.165) is 22.6 Å². The highest BCUT2D eigenvalue weighted by Crippen LogP contribution is 2.28. The Kier molecular flexibility index (Phi) is 7.29. The Morgan fingerprint density at radius 2 is 1.83 bits per heavy atom. The largest absolute Gasteiger partial charge is 0.493 e. The molecule has 1 aliphatic rings. The fourth-order valence-electron chi connectivity index (χ4n) is 3.77. The van der Waals surface area contributed by atoms with E-state index in [4.69, 9.17) is 9.47 Å². The number of methoxy groups -OCH3 is 1. The second-order valence-electron chi connectivity index (χ2n) is 7.89. The molecule has 1 aliphatic heterocycles. The van der Waals surface area contributed by atoms with Crippen molar-refractivity contribution < 1.29 is 28.2 Å². The number of aromatic nitrogens is 1. The van der Waals surface area contributed by atoms with E-state index < -0.39 is 23.7 Å². The molecule has 8 nitrogen and oxygen atoms in total. The van der Waals surface area contributed by atoms with Crippen LogP contribution in [0.1, 0.15) is 11.3 Å². The lowest BCUT2D eigenvalue weighted by atomic mass is 10.1. The zero-order chi connectivity index (χ0) is 25.7. The SMILES string of the molecule is C=CCc1ccc(OCCn2cccc2/C=C2\C(=O)NC(=O)N(c3ccc(F)cc3)C2=O)c(OC)c1. The van der Waals surface area contributed by atoms with E-state index >= 15 is 0 Å². The van der Waals surface area contributed by atoms with Crippen molar-refractivity contribution in [2.45, 2.75) is 13.0 Å². The molecule has 1 fully saturated rings. The Morgan fingerprint density at radius 3 is 2.56 bits per heavy atom. The van der Waals surface area contributed by atoms with E-state index in [1.807, 2.05) is 28.8 Å². The van der Waals surface area contributed by atoms with Gasteiger partial charge in [0.2, 0.25) is 0 Å². The molecule has 184 valence electrons. The average Bonchev–Trinajstić information content (AvgIpc) is 3.30. The second-order valence-corrected chi connectivity index (χ2v) is 7.89. The minimum atomic E-state index is -0.898. The summed E-state index contributed by atoms with van der Waals surface area (Å²) < 4.78 is 26.4. The number of carbonyl (C=O) groups is 3. The molecule has 0 atom stereocenters. The topological polar surface area (TPSA) is 89.9 Å². The number of anilines is 1. The third-order valence-corrected chi connectivity index (χ3v) is 5.54. The standard InChI is InChI=1S/C27H24FN3O5/c1-3-5-18-7-12-23(24(16-18)35-2)36-15-14-30-13-4-6-21(30)17-22-25(32)29-27(34)31(26(22)33)20-10-8-19(28)9-11-20/h3-4,6-13,16-17H,1,5,14-15H2,2H3,(H,29,32,34)/b22-17+. The summed E-state index contributed by atoms with van der Waals surface area (Å²) in [6.07, 6.45) is 5.72. The van der Waals surface area contributed by atoms with Gasteiger partial charge in [-0.2, -0.15) is 0 Å². The van der Waals surface area contributed by atoms with Crippen LogP contribution in [0.5, 0.6) is 11.5 Å². The van der Waals surface area contributed by atoms with Crippen LogP contribution in [0.25, 0.3) is 6.08 Å². The molecule has 1 aromatic heterocycles. The molecule has 0 unspecified atom stereocenters. The van der Waals surface area contributed by atoms with Crippen molar-refractivity contribution in [1.82, 2.24) is 9.88 Å². The van der Waals surface area contributed by atoms with Gasteiger partial charge >= 0.3 is 6.03 Å². The van der Waals surface area contributed by atoms with E-state index in [1.54, 1.807) is 25.4 Å². The second kappa shape index (κ2) is 10.7. The molecule has 3 aromatic rings. The number of hydrogen-bond donors (Lipinski definition) is 1.